The Morgan fingerprint density at radius 2 is 1.82 bits per heavy atom. The number of carbonyl (C=O) groups excluding carboxylic acids is 3. The molecule has 3 aromatic carbocycles. The van der Waals surface area contributed by atoms with Crippen molar-refractivity contribution >= 4 is 56.5 Å². The highest BCUT2D eigenvalue weighted by atomic mass is 79.9. The van der Waals surface area contributed by atoms with Crippen LogP contribution in [0.3, 0.4) is 0 Å². The van der Waals surface area contributed by atoms with Gasteiger partial charge in [0.1, 0.15) is 30.5 Å². The molecule has 0 bridgehead atoms. The van der Waals surface area contributed by atoms with E-state index in [-0.39, 0.29) is 22.9 Å². The van der Waals surface area contributed by atoms with Crippen molar-refractivity contribution in [1.82, 2.24) is 4.90 Å². The van der Waals surface area contributed by atoms with Crippen LogP contribution in [0, 0.1) is 5.82 Å². The van der Waals surface area contributed by atoms with Gasteiger partial charge in [0.25, 0.3) is 11.1 Å². The number of nitrogens with zero attached hydrogens (tertiary/aromatic N) is 1. The number of rotatable bonds is 8. The second-order valence-corrected chi connectivity index (χ2v) is 10.2. The van der Waals surface area contributed by atoms with Crippen molar-refractivity contribution in [1.29, 1.82) is 0 Å². The lowest BCUT2D eigenvalue weighted by Gasteiger charge is -2.16. The Kier molecular flexibility index (Phi) is 8.84. The predicted molar refractivity (Wildman–Crippen MR) is 144 cm³/mol. The summed E-state index contributed by atoms with van der Waals surface area (Å²) in [6.07, 6.45) is -3.24. The van der Waals surface area contributed by atoms with Crippen molar-refractivity contribution in [2.45, 2.75) is 12.8 Å². The molecular formula is C27H19BrF4N2O5S. The molecule has 0 spiro atoms. The third-order valence-electron chi connectivity index (χ3n) is 5.52. The first kappa shape index (κ1) is 29.2. The number of halogens is 5. The Balaban J connectivity index is 1.50. The lowest BCUT2D eigenvalue weighted by molar-refractivity contribution is -0.137. The molecule has 7 nitrogen and oxygen atoms in total. The van der Waals surface area contributed by atoms with E-state index in [9.17, 15) is 31.9 Å². The van der Waals surface area contributed by atoms with Gasteiger partial charge < -0.3 is 14.8 Å². The fourth-order valence-corrected chi connectivity index (χ4v) is 4.85. The summed E-state index contributed by atoms with van der Waals surface area (Å²) in [5.41, 5.74) is -0.256. The van der Waals surface area contributed by atoms with Crippen molar-refractivity contribution in [2.75, 3.05) is 19.0 Å². The van der Waals surface area contributed by atoms with Gasteiger partial charge in [0.2, 0.25) is 5.91 Å². The van der Waals surface area contributed by atoms with Crippen molar-refractivity contribution in [2.24, 2.45) is 0 Å². The van der Waals surface area contributed by atoms with Crippen LogP contribution in [0.5, 0.6) is 11.5 Å². The molecule has 0 unspecified atom stereocenters. The fraction of sp³-hybridized carbons (Fsp3) is 0.148. The number of imide groups is 1. The Morgan fingerprint density at radius 3 is 2.52 bits per heavy atom. The predicted octanol–water partition coefficient (Wildman–Crippen LogP) is 6.87. The molecular weight excluding hydrogens is 620 g/mol. The molecule has 40 heavy (non-hydrogen) atoms. The van der Waals surface area contributed by atoms with Crippen LogP contribution >= 0.6 is 27.7 Å². The van der Waals surface area contributed by atoms with E-state index in [2.05, 4.69) is 21.2 Å². The number of ether oxygens (including phenoxy) is 2. The van der Waals surface area contributed by atoms with Crippen LogP contribution < -0.4 is 14.8 Å². The number of methoxy groups -OCH3 is 1. The van der Waals surface area contributed by atoms with Crippen molar-refractivity contribution in [3.63, 3.8) is 0 Å². The molecule has 4 rings (SSSR count). The maximum atomic E-state index is 13.5. The first-order valence-electron chi connectivity index (χ1n) is 11.4. The summed E-state index contributed by atoms with van der Waals surface area (Å²) in [5, 5.41) is 1.53. The molecule has 208 valence electrons. The molecule has 1 N–H and O–H groups in total. The van der Waals surface area contributed by atoms with E-state index < -0.39 is 41.2 Å². The van der Waals surface area contributed by atoms with Gasteiger partial charge in [-0.3, -0.25) is 19.3 Å². The second kappa shape index (κ2) is 12.1. The first-order valence-corrected chi connectivity index (χ1v) is 13.0. The van der Waals surface area contributed by atoms with Gasteiger partial charge in [-0.1, -0.05) is 28.1 Å². The lowest BCUT2D eigenvalue weighted by Crippen LogP contribution is -2.36. The van der Waals surface area contributed by atoms with E-state index in [1.807, 2.05) is 0 Å². The molecule has 13 heteroatoms. The maximum Gasteiger partial charge on any atom is 0.416 e. The molecule has 0 aromatic heterocycles. The Morgan fingerprint density at radius 1 is 1.07 bits per heavy atom. The second-order valence-electron chi connectivity index (χ2n) is 8.33. The summed E-state index contributed by atoms with van der Waals surface area (Å²) in [5.74, 6) is -1.76. The van der Waals surface area contributed by atoms with Crippen LogP contribution in [0.25, 0.3) is 6.08 Å². The van der Waals surface area contributed by atoms with Crippen LogP contribution in [0.2, 0.25) is 0 Å². The Bertz CT molecular complexity index is 1510. The molecule has 3 aromatic rings. The van der Waals surface area contributed by atoms with E-state index in [1.54, 1.807) is 30.3 Å². The van der Waals surface area contributed by atoms with Gasteiger partial charge in [0.15, 0.2) is 0 Å². The van der Waals surface area contributed by atoms with Crippen molar-refractivity contribution in [3.05, 3.63) is 92.5 Å². The van der Waals surface area contributed by atoms with Crippen LogP contribution in [0.4, 0.5) is 28.0 Å². The lowest BCUT2D eigenvalue weighted by atomic mass is 10.1. The van der Waals surface area contributed by atoms with Crippen LogP contribution in [0.15, 0.2) is 70.0 Å². The maximum absolute atomic E-state index is 13.5. The van der Waals surface area contributed by atoms with Crippen LogP contribution in [-0.2, 0) is 22.4 Å². The average Bonchev–Trinajstić information content (AvgIpc) is 3.15. The normalized spacial score (nSPS) is 14.6. The number of benzene rings is 3. The molecule has 1 aliphatic heterocycles. The summed E-state index contributed by atoms with van der Waals surface area (Å²) >= 11 is 3.94. The van der Waals surface area contributed by atoms with Gasteiger partial charge in [-0.2, -0.15) is 13.2 Å². The third-order valence-corrected chi connectivity index (χ3v) is 6.92. The van der Waals surface area contributed by atoms with Gasteiger partial charge in [-0.25, -0.2) is 4.39 Å². The number of nitrogens with one attached hydrogen (secondary N) is 1. The number of thioether (sulfide) groups is 1. The van der Waals surface area contributed by atoms with E-state index in [0.29, 0.717) is 44.1 Å². The average molecular weight is 639 g/mol. The topological polar surface area (TPSA) is 84.9 Å². The third kappa shape index (κ3) is 7.02. The fourth-order valence-electron chi connectivity index (χ4n) is 3.64. The van der Waals surface area contributed by atoms with E-state index in [1.165, 1.54) is 25.3 Å². The van der Waals surface area contributed by atoms with E-state index in [0.717, 1.165) is 12.1 Å². The highest BCUT2D eigenvalue weighted by Gasteiger charge is 2.37. The minimum absolute atomic E-state index is 0.00292. The summed E-state index contributed by atoms with van der Waals surface area (Å²) in [7, 11) is 1.22. The minimum Gasteiger partial charge on any atom is -0.495 e. The van der Waals surface area contributed by atoms with Crippen molar-refractivity contribution < 1.29 is 41.4 Å². The Labute approximate surface area is 238 Å². The quantitative estimate of drug-likeness (QED) is 0.214. The minimum atomic E-state index is -4.66. The van der Waals surface area contributed by atoms with Gasteiger partial charge in [-0.15, -0.1) is 0 Å². The van der Waals surface area contributed by atoms with Crippen LogP contribution in [-0.4, -0.2) is 35.6 Å². The van der Waals surface area contributed by atoms with Gasteiger partial charge in [0, 0.05) is 10.0 Å². The number of carbonyl (C=O) groups is 3. The molecule has 1 heterocycles. The zero-order valence-electron chi connectivity index (χ0n) is 20.6. The standard InChI is InChI=1S/C27H19BrF4N2O5S/c1-38-22-7-5-17(27(30,31)32)12-20(22)33-24(35)13-34-25(36)23(40-26(34)37)11-16-10-18(28)6-8-21(16)39-14-15-3-2-4-19(29)9-15/h2-12H,13-14H2,1H3,(H,33,35)/b23-11-. The van der Waals surface area contributed by atoms with E-state index in [4.69, 9.17) is 9.47 Å². The number of hydrogen-bond donors (Lipinski definition) is 1. The molecule has 1 saturated heterocycles. The van der Waals surface area contributed by atoms with Crippen molar-refractivity contribution in [3.8, 4) is 11.5 Å². The smallest absolute Gasteiger partial charge is 0.416 e. The molecule has 3 amide bonds. The van der Waals surface area contributed by atoms with E-state index >= 15 is 0 Å². The summed E-state index contributed by atoms with van der Waals surface area (Å²) in [6, 6.07) is 13.4. The zero-order chi connectivity index (χ0) is 29.0. The summed E-state index contributed by atoms with van der Waals surface area (Å²) in [6.45, 7) is -0.691. The molecule has 0 saturated carbocycles. The summed E-state index contributed by atoms with van der Waals surface area (Å²) in [4.78, 5) is 38.9. The number of hydrogen-bond acceptors (Lipinski definition) is 6. The highest BCUT2D eigenvalue weighted by Crippen LogP contribution is 2.37. The number of anilines is 1. The zero-order valence-corrected chi connectivity index (χ0v) is 23.0. The van der Waals surface area contributed by atoms with Gasteiger partial charge in [0.05, 0.1) is 23.3 Å². The number of alkyl halides is 3. The largest absolute Gasteiger partial charge is 0.495 e. The van der Waals surface area contributed by atoms with Gasteiger partial charge in [-0.05, 0) is 71.9 Å². The highest BCUT2D eigenvalue weighted by molar-refractivity contribution is 9.10. The molecule has 0 aliphatic carbocycles. The molecule has 1 fully saturated rings. The Hall–Kier alpha value is -3.84. The van der Waals surface area contributed by atoms with Crippen LogP contribution in [0.1, 0.15) is 16.7 Å². The monoisotopic (exact) mass is 638 g/mol. The summed E-state index contributed by atoms with van der Waals surface area (Å²) < 4.78 is 64.3. The number of amides is 3. The molecule has 1 aliphatic rings. The van der Waals surface area contributed by atoms with Gasteiger partial charge >= 0.3 is 6.18 Å². The first-order chi connectivity index (χ1) is 18.9. The molecule has 0 radical (unpaired) electrons. The SMILES string of the molecule is COc1ccc(C(F)(F)F)cc1NC(=O)CN1C(=O)S/C(=C\c2cc(Br)ccc2OCc2cccc(F)c2)C1=O. The molecule has 0 atom stereocenters.